The molecular weight excluding hydrogens is 709 g/mol. The number of nitrogen functional groups attached to an aromatic ring is 1. The third-order valence-corrected chi connectivity index (χ3v) is 10.3. The Morgan fingerprint density at radius 1 is 1.36 bits per heavy atom. The number of oxime groups is 1. The standard InChI is InChI=1S/C32H31ClFN9O5S2/c1-3-4-5-23-21(6-9-42(23)13-18-19(33)10-16(11-20(18)34)27-36-7-8-37-27)38-12-17-14-49-30-25(29(45)43(30)26(17)31(46)47)40-28(44)24(41-48-2)22-15-50-32(35)39-22/h3-6,9-11,15,25,30H,7-8,12-14H2,1-2H3,(H2,35,39)(H,36,37)(H,40,44)(H,46,47)/b4-3-,23-5+,38-21+,41-24-/t25-,30-/m1/s1. The van der Waals surface area contributed by atoms with Gasteiger partial charge in [0.25, 0.3) is 11.8 Å². The summed E-state index contributed by atoms with van der Waals surface area (Å²) >= 11 is 8.97. The van der Waals surface area contributed by atoms with Gasteiger partial charge < -0.3 is 31.2 Å². The molecule has 0 spiro atoms. The molecule has 6 rings (SSSR count). The average molecular weight is 740 g/mol. The Hall–Kier alpha value is -5.00. The maximum atomic E-state index is 15.3. The highest BCUT2D eigenvalue weighted by atomic mass is 35.5. The molecule has 0 radical (unpaired) electrons. The molecule has 0 unspecified atom stereocenters. The third kappa shape index (κ3) is 6.88. The molecule has 4 aliphatic rings. The molecule has 14 nitrogen and oxygen atoms in total. The minimum atomic E-state index is -1.29. The van der Waals surface area contributed by atoms with E-state index in [4.69, 9.17) is 27.2 Å². The number of nitrogens with two attached hydrogens (primary N) is 1. The topological polar surface area (TPSA) is 187 Å². The Bertz CT molecular complexity index is 1950. The molecule has 2 amide bonds. The van der Waals surface area contributed by atoms with Crippen molar-refractivity contribution in [2.45, 2.75) is 24.9 Å². The van der Waals surface area contributed by atoms with Crippen LogP contribution in [0.5, 0.6) is 0 Å². The molecule has 0 bridgehead atoms. The molecule has 18 heteroatoms. The van der Waals surface area contributed by atoms with Crippen molar-refractivity contribution in [1.29, 1.82) is 0 Å². The van der Waals surface area contributed by atoms with Crippen molar-refractivity contribution < 1.29 is 28.7 Å². The number of hydrogen-bond acceptors (Lipinski definition) is 13. The van der Waals surface area contributed by atoms with Gasteiger partial charge in [-0.15, -0.1) is 23.1 Å². The SMILES string of the molecule is C\C=C/C=C1\C(=N\CC2=C(C(=O)O)N3C(=O)[C@@H](NC(=O)/C(=N\OC)c4csc(N)n4)[C@H]3SC2)C=CN1Cc1c(F)cc(C2=NCCN2)cc1Cl. The molecule has 1 fully saturated rings. The van der Waals surface area contributed by atoms with Gasteiger partial charge in [-0.05, 0) is 36.8 Å². The maximum absolute atomic E-state index is 15.3. The summed E-state index contributed by atoms with van der Waals surface area (Å²) in [6, 6.07) is 2.09. The number of amides is 2. The quantitative estimate of drug-likeness (QED) is 0.152. The van der Waals surface area contributed by atoms with Crippen LogP contribution in [0.1, 0.15) is 23.7 Å². The number of thioether (sulfide) groups is 1. The van der Waals surface area contributed by atoms with E-state index in [0.717, 1.165) is 11.3 Å². The normalized spacial score (nSPS) is 22.0. The van der Waals surface area contributed by atoms with Crippen molar-refractivity contribution >= 4 is 74.9 Å². The minimum absolute atomic E-state index is 0.0162. The van der Waals surface area contributed by atoms with Crippen LogP contribution >= 0.6 is 34.7 Å². The number of aliphatic imine (C=N–C) groups is 2. The molecule has 0 saturated carbocycles. The van der Waals surface area contributed by atoms with Gasteiger partial charge in [-0.1, -0.05) is 28.9 Å². The Balaban J connectivity index is 1.18. The number of nitrogens with zero attached hydrogens (tertiary/aromatic N) is 6. The number of anilines is 1. The van der Waals surface area contributed by atoms with Crippen LogP contribution in [0.3, 0.4) is 0 Å². The maximum Gasteiger partial charge on any atom is 0.352 e. The smallest absolute Gasteiger partial charge is 0.352 e. The molecule has 1 aromatic heterocycles. The van der Waals surface area contributed by atoms with Crippen molar-refractivity contribution in [2.75, 3.05) is 38.2 Å². The van der Waals surface area contributed by atoms with E-state index >= 15 is 4.39 Å². The first kappa shape index (κ1) is 34.8. The van der Waals surface area contributed by atoms with Crippen molar-refractivity contribution in [3.63, 3.8) is 0 Å². The summed E-state index contributed by atoms with van der Waals surface area (Å²) in [5.74, 6) is -2.22. The fourth-order valence-corrected chi connectivity index (χ4v) is 7.80. The van der Waals surface area contributed by atoms with Gasteiger partial charge >= 0.3 is 5.97 Å². The molecular formula is C32H31ClFN9O5S2. The molecule has 1 saturated heterocycles. The largest absolute Gasteiger partial charge is 0.477 e. The van der Waals surface area contributed by atoms with Crippen molar-refractivity contribution in [3.05, 3.63) is 92.6 Å². The van der Waals surface area contributed by atoms with Crippen LogP contribution < -0.4 is 16.4 Å². The first-order chi connectivity index (χ1) is 24.1. The first-order valence-electron chi connectivity index (χ1n) is 15.2. The van der Waals surface area contributed by atoms with Gasteiger partial charge in [-0.2, -0.15) is 0 Å². The second-order valence-corrected chi connectivity index (χ2v) is 13.5. The van der Waals surface area contributed by atoms with E-state index < -0.39 is 35.0 Å². The molecule has 1 aromatic carbocycles. The number of hydrogen-bond donors (Lipinski definition) is 4. The highest BCUT2D eigenvalue weighted by molar-refractivity contribution is 8.00. The number of aliphatic carboxylic acids is 1. The number of aromatic nitrogens is 1. The number of nitrogens with one attached hydrogen (secondary N) is 2. The van der Waals surface area contributed by atoms with Gasteiger partial charge in [-0.25, -0.2) is 14.2 Å². The Morgan fingerprint density at radius 2 is 2.18 bits per heavy atom. The number of allylic oxidation sites excluding steroid dienone is 4. The number of carboxylic acid groups (broad SMARTS) is 1. The summed E-state index contributed by atoms with van der Waals surface area (Å²) < 4.78 is 15.3. The number of carboxylic acids is 1. The van der Waals surface area contributed by atoms with Gasteiger partial charge in [0.1, 0.15) is 41.6 Å². The first-order valence-corrected chi connectivity index (χ1v) is 17.5. The number of halogens is 2. The van der Waals surface area contributed by atoms with E-state index in [1.165, 1.54) is 35.2 Å². The predicted octanol–water partition coefficient (Wildman–Crippen LogP) is 2.89. The van der Waals surface area contributed by atoms with Gasteiger partial charge in [-0.3, -0.25) is 24.5 Å². The van der Waals surface area contributed by atoms with E-state index in [1.54, 1.807) is 23.2 Å². The van der Waals surface area contributed by atoms with Crippen LogP contribution in [-0.2, 0) is 25.8 Å². The van der Waals surface area contributed by atoms with Gasteiger partial charge in [0.05, 0.1) is 31.0 Å². The van der Waals surface area contributed by atoms with Crippen LogP contribution in [0, 0.1) is 5.82 Å². The Labute approximate surface area is 299 Å². The van der Waals surface area contributed by atoms with Crippen LogP contribution in [0.2, 0.25) is 5.02 Å². The third-order valence-electron chi connectivity index (χ3n) is 7.99. The predicted molar refractivity (Wildman–Crippen MR) is 190 cm³/mol. The zero-order valence-electron chi connectivity index (χ0n) is 26.7. The zero-order chi connectivity index (χ0) is 35.5. The number of amidine groups is 1. The Morgan fingerprint density at radius 3 is 2.84 bits per heavy atom. The molecule has 2 atom stereocenters. The lowest BCUT2D eigenvalue weighted by molar-refractivity contribution is -0.150. The second-order valence-electron chi connectivity index (χ2n) is 11.1. The lowest BCUT2D eigenvalue weighted by Crippen LogP contribution is -2.71. The number of carbonyl (C=O) groups is 3. The summed E-state index contributed by atoms with van der Waals surface area (Å²) in [5, 5.41) is 21.0. The number of thiazole rings is 1. The molecule has 260 valence electrons. The van der Waals surface area contributed by atoms with E-state index in [-0.39, 0.29) is 46.1 Å². The van der Waals surface area contributed by atoms with Crippen molar-refractivity contribution in [3.8, 4) is 0 Å². The fraction of sp³-hybridized carbons (Fsp3) is 0.281. The molecule has 0 aliphatic carbocycles. The van der Waals surface area contributed by atoms with E-state index in [1.807, 2.05) is 25.2 Å². The molecule has 2 aromatic rings. The summed E-state index contributed by atoms with van der Waals surface area (Å²) in [6.07, 6.45) is 8.98. The summed E-state index contributed by atoms with van der Waals surface area (Å²) in [4.78, 5) is 59.7. The highest BCUT2D eigenvalue weighted by Gasteiger charge is 2.54. The van der Waals surface area contributed by atoms with E-state index in [0.29, 0.717) is 47.0 Å². The second kappa shape index (κ2) is 14.9. The van der Waals surface area contributed by atoms with Crippen LogP contribution in [-0.4, -0.2) is 98.8 Å². The number of β-lactam (4-membered cyclic amide) rings is 1. The summed E-state index contributed by atoms with van der Waals surface area (Å²) in [5.41, 5.74) is 8.02. The molecule has 50 heavy (non-hydrogen) atoms. The molecule has 5 N–H and O–H groups in total. The van der Waals surface area contributed by atoms with Crippen molar-refractivity contribution in [2.24, 2.45) is 15.1 Å². The fourth-order valence-electron chi connectivity index (χ4n) is 5.65. The molecule has 4 aliphatic heterocycles. The van der Waals surface area contributed by atoms with Crippen LogP contribution in [0.25, 0.3) is 0 Å². The number of carbonyl (C=O) groups excluding carboxylic acids is 2. The lowest BCUT2D eigenvalue weighted by atomic mass is 10.0. The minimum Gasteiger partial charge on any atom is -0.477 e. The van der Waals surface area contributed by atoms with Crippen LogP contribution in [0.4, 0.5) is 9.52 Å². The highest BCUT2D eigenvalue weighted by Crippen LogP contribution is 2.40. The monoisotopic (exact) mass is 739 g/mol. The number of rotatable bonds is 11. The Kier molecular flexibility index (Phi) is 10.4. The van der Waals surface area contributed by atoms with Gasteiger partial charge in [0.15, 0.2) is 10.8 Å². The zero-order valence-corrected chi connectivity index (χ0v) is 29.1. The summed E-state index contributed by atoms with van der Waals surface area (Å²) in [7, 11) is 1.27. The summed E-state index contributed by atoms with van der Waals surface area (Å²) in [6.45, 7) is 3.26. The van der Waals surface area contributed by atoms with Gasteiger partial charge in [0.2, 0.25) is 0 Å². The lowest BCUT2D eigenvalue weighted by Gasteiger charge is -2.49. The van der Waals surface area contributed by atoms with Crippen molar-refractivity contribution in [1.82, 2.24) is 25.4 Å². The van der Waals surface area contributed by atoms with E-state index in [9.17, 15) is 19.5 Å². The average Bonchev–Trinajstić information content (AvgIpc) is 3.87. The number of fused-ring (bicyclic) bond motifs is 1. The van der Waals surface area contributed by atoms with Gasteiger partial charge in [0, 0.05) is 40.0 Å². The van der Waals surface area contributed by atoms with E-state index in [2.05, 4.69) is 25.8 Å². The molecule has 5 heterocycles. The number of benzene rings is 1. The van der Waals surface area contributed by atoms with Crippen LogP contribution in [0.15, 0.2) is 80.1 Å².